The number of sulfone groups is 1. The second-order valence-corrected chi connectivity index (χ2v) is 12.1. The van der Waals surface area contributed by atoms with Gasteiger partial charge in [-0.2, -0.15) is 4.98 Å². The number of aliphatic hydroxyl groups excluding tert-OH is 2. The third kappa shape index (κ3) is 5.30. The molecular weight excluding hydrogens is 508 g/mol. The number of aliphatic hydroxyl groups is 2. The lowest BCUT2D eigenvalue weighted by Gasteiger charge is -2.32. The first-order valence-corrected chi connectivity index (χ1v) is 14.2. The fourth-order valence-corrected chi connectivity index (χ4v) is 6.10. The van der Waals surface area contributed by atoms with E-state index in [0.717, 1.165) is 11.3 Å². The number of anilines is 1. The molecule has 0 bridgehead atoms. The molecule has 3 aromatic rings. The van der Waals surface area contributed by atoms with Gasteiger partial charge in [0.1, 0.15) is 22.0 Å². The predicted octanol–water partition coefficient (Wildman–Crippen LogP) is 2.18. The Labute approximate surface area is 214 Å². The number of ether oxygens (including phenoxy) is 2. The highest BCUT2D eigenvalue weighted by atomic mass is 35.5. The van der Waals surface area contributed by atoms with Gasteiger partial charge in [-0.3, -0.25) is 0 Å². The van der Waals surface area contributed by atoms with Gasteiger partial charge in [-0.05, 0) is 31.0 Å². The maximum absolute atomic E-state index is 11.8. The fraction of sp³-hybridized carbons (Fsp3) is 0.500. The Kier molecular flexibility index (Phi) is 7.10. The summed E-state index contributed by atoms with van der Waals surface area (Å²) in [7, 11) is -3.00. The van der Waals surface area contributed by atoms with Gasteiger partial charge in [0.25, 0.3) is 6.01 Å². The van der Waals surface area contributed by atoms with Crippen molar-refractivity contribution in [3.05, 3.63) is 35.4 Å². The Morgan fingerprint density at radius 1 is 1.22 bits per heavy atom. The van der Waals surface area contributed by atoms with E-state index in [-0.39, 0.29) is 24.5 Å². The molecule has 4 heterocycles. The van der Waals surface area contributed by atoms with Crippen LogP contribution in [-0.4, -0.2) is 89.7 Å². The van der Waals surface area contributed by atoms with Gasteiger partial charge in [0, 0.05) is 37.0 Å². The Balaban J connectivity index is 1.29. The molecule has 194 valence electrons. The molecular formula is C24H29ClN4O6S. The number of hydrogen-bond donors (Lipinski definition) is 3. The third-order valence-corrected chi connectivity index (χ3v) is 8.82. The summed E-state index contributed by atoms with van der Waals surface area (Å²) >= 11 is 6.54. The van der Waals surface area contributed by atoms with Crippen LogP contribution in [0.4, 0.5) is 5.69 Å². The zero-order valence-electron chi connectivity index (χ0n) is 19.8. The van der Waals surface area contributed by atoms with Gasteiger partial charge in [0.05, 0.1) is 40.8 Å². The lowest BCUT2D eigenvalue weighted by Crippen LogP contribution is -2.45. The van der Waals surface area contributed by atoms with Gasteiger partial charge < -0.3 is 29.6 Å². The monoisotopic (exact) mass is 536 g/mol. The molecule has 2 aromatic heterocycles. The highest BCUT2D eigenvalue weighted by molar-refractivity contribution is 7.91. The van der Waals surface area contributed by atoms with Crippen molar-refractivity contribution in [1.82, 2.24) is 15.0 Å². The summed E-state index contributed by atoms with van der Waals surface area (Å²) in [5.41, 5.74) is 3.52. The van der Waals surface area contributed by atoms with Crippen LogP contribution < -0.4 is 9.64 Å². The number of rotatable bonds is 6. The lowest BCUT2D eigenvalue weighted by molar-refractivity contribution is -0.131. The molecule has 0 radical (unpaired) electrons. The summed E-state index contributed by atoms with van der Waals surface area (Å²) in [6.07, 6.45) is 1.06. The number of hydrogen-bond acceptors (Lipinski definition) is 9. The molecule has 0 unspecified atom stereocenters. The molecule has 12 heteroatoms. The van der Waals surface area contributed by atoms with Crippen LogP contribution in [0, 0.1) is 0 Å². The molecule has 3 N–H and O–H groups in total. The molecule has 36 heavy (non-hydrogen) atoms. The van der Waals surface area contributed by atoms with Gasteiger partial charge in [-0.15, -0.1) is 0 Å². The number of aromatic amines is 1. The van der Waals surface area contributed by atoms with Crippen molar-refractivity contribution in [2.75, 3.05) is 37.5 Å². The molecule has 3 atom stereocenters. The van der Waals surface area contributed by atoms with E-state index < -0.39 is 28.1 Å². The summed E-state index contributed by atoms with van der Waals surface area (Å²) in [6.45, 7) is 1.38. The standard InChI is InChI=1S/C24H29ClN4O6S/c1-36(32,33)17-6-8-29(9-7-17)15-4-2-14(3-5-15)22-18(25)11-19-23(27-22)28-24(26-19)35-16-10-20(31)21(12-30)34-13-16/h2-5,11,16-17,20-21,30-31H,6-10,12-13H2,1H3,(H,26,27,28)/t16-,20+,21-/m1/s1. The maximum Gasteiger partial charge on any atom is 0.296 e. The smallest absolute Gasteiger partial charge is 0.296 e. The van der Waals surface area contributed by atoms with Crippen molar-refractivity contribution in [1.29, 1.82) is 0 Å². The number of aromatic nitrogens is 3. The van der Waals surface area contributed by atoms with Crippen molar-refractivity contribution >= 4 is 38.3 Å². The van der Waals surface area contributed by atoms with Crippen LogP contribution in [0.2, 0.25) is 5.02 Å². The number of pyridine rings is 1. The quantitative estimate of drug-likeness (QED) is 0.432. The highest BCUT2D eigenvalue weighted by Gasteiger charge is 2.31. The van der Waals surface area contributed by atoms with Crippen LogP contribution in [0.25, 0.3) is 22.4 Å². The third-order valence-electron chi connectivity index (χ3n) is 6.85. The minimum Gasteiger partial charge on any atom is -0.459 e. The largest absolute Gasteiger partial charge is 0.459 e. The van der Waals surface area contributed by atoms with Crippen LogP contribution in [0.15, 0.2) is 30.3 Å². The molecule has 0 aliphatic carbocycles. The second-order valence-electron chi connectivity index (χ2n) is 9.39. The number of imidazole rings is 1. The zero-order valence-corrected chi connectivity index (χ0v) is 21.4. The summed E-state index contributed by atoms with van der Waals surface area (Å²) in [5.74, 6) is 0. The molecule has 2 aliphatic heterocycles. The molecule has 0 saturated carbocycles. The number of benzene rings is 1. The topological polar surface area (TPSA) is 138 Å². The van der Waals surface area contributed by atoms with Gasteiger partial charge in [-0.1, -0.05) is 23.7 Å². The minimum absolute atomic E-state index is 0.233. The van der Waals surface area contributed by atoms with Crippen molar-refractivity contribution < 1.29 is 28.1 Å². The van der Waals surface area contributed by atoms with Crippen LogP contribution in [0.3, 0.4) is 0 Å². The molecule has 5 rings (SSSR count). The minimum atomic E-state index is -3.00. The average Bonchev–Trinajstić information content (AvgIpc) is 3.24. The van der Waals surface area contributed by atoms with Crippen LogP contribution in [-0.2, 0) is 14.6 Å². The summed E-state index contributed by atoms with van der Waals surface area (Å²) < 4.78 is 34.9. The van der Waals surface area contributed by atoms with E-state index >= 15 is 0 Å². The first-order chi connectivity index (χ1) is 17.2. The van der Waals surface area contributed by atoms with E-state index in [9.17, 15) is 18.6 Å². The van der Waals surface area contributed by atoms with Crippen LogP contribution in [0.5, 0.6) is 6.01 Å². The number of nitrogens with one attached hydrogen (secondary N) is 1. The molecule has 10 nitrogen and oxygen atoms in total. The Morgan fingerprint density at radius 3 is 2.58 bits per heavy atom. The Hall–Kier alpha value is -2.44. The number of fused-ring (bicyclic) bond motifs is 1. The molecule has 1 aromatic carbocycles. The van der Waals surface area contributed by atoms with Gasteiger partial charge in [-0.25, -0.2) is 13.4 Å². The second kappa shape index (κ2) is 10.1. The van der Waals surface area contributed by atoms with Gasteiger partial charge in [0.15, 0.2) is 5.65 Å². The summed E-state index contributed by atoms with van der Waals surface area (Å²) in [5, 5.41) is 19.5. The lowest BCUT2D eigenvalue weighted by atomic mass is 10.0. The molecule has 0 spiro atoms. The van der Waals surface area contributed by atoms with Crippen LogP contribution in [0.1, 0.15) is 19.3 Å². The van der Waals surface area contributed by atoms with E-state index in [2.05, 4.69) is 19.9 Å². The Morgan fingerprint density at radius 2 is 1.94 bits per heavy atom. The molecule has 2 aliphatic rings. The van der Waals surface area contributed by atoms with E-state index in [1.807, 2.05) is 24.3 Å². The number of nitrogens with zero attached hydrogens (tertiary/aromatic N) is 3. The van der Waals surface area contributed by atoms with Crippen molar-refractivity contribution in [2.45, 2.75) is 42.8 Å². The molecule has 2 fully saturated rings. The number of piperidine rings is 1. The fourth-order valence-electron chi connectivity index (χ4n) is 4.77. The van der Waals surface area contributed by atoms with Crippen molar-refractivity contribution in [3.8, 4) is 17.3 Å². The first-order valence-electron chi connectivity index (χ1n) is 11.9. The Bertz CT molecular complexity index is 1320. The van der Waals surface area contributed by atoms with Crippen molar-refractivity contribution in [3.63, 3.8) is 0 Å². The average molecular weight is 537 g/mol. The zero-order chi connectivity index (χ0) is 25.4. The molecule has 2 saturated heterocycles. The molecule has 0 amide bonds. The summed E-state index contributed by atoms with van der Waals surface area (Å²) in [4.78, 5) is 14.3. The van der Waals surface area contributed by atoms with E-state index in [1.165, 1.54) is 6.26 Å². The maximum atomic E-state index is 11.8. The van der Waals surface area contributed by atoms with E-state index in [1.54, 1.807) is 6.07 Å². The SMILES string of the molecule is CS(=O)(=O)C1CCN(c2ccc(-c3nc4nc(O[C@H]5CO[C@H](CO)[C@@H](O)C5)[nH]c4cc3Cl)cc2)CC1. The van der Waals surface area contributed by atoms with E-state index in [0.29, 0.717) is 54.2 Å². The predicted molar refractivity (Wildman–Crippen MR) is 136 cm³/mol. The van der Waals surface area contributed by atoms with Crippen molar-refractivity contribution in [2.24, 2.45) is 0 Å². The van der Waals surface area contributed by atoms with Gasteiger partial charge in [0.2, 0.25) is 0 Å². The summed E-state index contributed by atoms with van der Waals surface area (Å²) in [6, 6.07) is 9.87. The van der Waals surface area contributed by atoms with Crippen LogP contribution >= 0.6 is 11.6 Å². The highest BCUT2D eigenvalue weighted by Crippen LogP contribution is 2.32. The normalized spacial score (nSPS) is 23.8. The van der Waals surface area contributed by atoms with E-state index in [4.69, 9.17) is 21.1 Å². The van der Waals surface area contributed by atoms with Gasteiger partial charge >= 0.3 is 0 Å². The first kappa shape index (κ1) is 25.2. The number of H-pyrrole nitrogens is 1. The number of halogens is 1.